The highest BCUT2D eigenvalue weighted by molar-refractivity contribution is 8.01. The van der Waals surface area contributed by atoms with Gasteiger partial charge in [0.25, 0.3) is 5.91 Å². The largest absolute Gasteiger partial charge is 0.383 e. The summed E-state index contributed by atoms with van der Waals surface area (Å²) in [5.41, 5.74) is 2.32. The molecule has 3 amide bonds. The summed E-state index contributed by atoms with van der Waals surface area (Å²) in [6, 6.07) is 14.3. The number of nitrogens with zero attached hydrogens (tertiary/aromatic N) is 2. The van der Waals surface area contributed by atoms with Crippen LogP contribution >= 0.6 is 23.4 Å². The van der Waals surface area contributed by atoms with E-state index in [0.29, 0.717) is 36.2 Å². The predicted octanol–water partition coefficient (Wildman–Crippen LogP) is 3.77. The van der Waals surface area contributed by atoms with Gasteiger partial charge in [-0.15, -0.1) is 11.8 Å². The lowest BCUT2D eigenvalue weighted by molar-refractivity contribution is -0.123. The van der Waals surface area contributed by atoms with E-state index in [4.69, 9.17) is 16.3 Å². The topological polar surface area (TPSA) is 61.9 Å². The fourth-order valence-corrected chi connectivity index (χ4v) is 5.28. The first-order valence-electron chi connectivity index (χ1n) is 8.96. The van der Waals surface area contributed by atoms with E-state index in [0.717, 1.165) is 11.3 Å². The molecule has 0 unspecified atom stereocenters. The third kappa shape index (κ3) is 3.03. The van der Waals surface area contributed by atoms with Gasteiger partial charge in [-0.05, 0) is 30.3 Å². The Morgan fingerprint density at radius 2 is 2.00 bits per heavy atom. The van der Waals surface area contributed by atoms with Gasteiger partial charge in [-0.3, -0.25) is 9.69 Å². The Morgan fingerprint density at radius 1 is 1.25 bits per heavy atom. The van der Waals surface area contributed by atoms with E-state index in [1.165, 1.54) is 11.8 Å². The number of methoxy groups -OCH3 is 1. The minimum absolute atomic E-state index is 0.0977. The maximum Gasteiger partial charge on any atom is 0.323 e. The third-order valence-corrected chi connectivity index (χ3v) is 6.63. The molecule has 1 saturated heterocycles. The first-order chi connectivity index (χ1) is 13.6. The summed E-state index contributed by atoms with van der Waals surface area (Å²) in [6.07, 6.45) is 0. The summed E-state index contributed by atoms with van der Waals surface area (Å²) in [6.45, 7) is 1.36. The highest BCUT2D eigenvalue weighted by Gasteiger charge is 2.59. The number of anilines is 2. The maximum absolute atomic E-state index is 13.5. The number of carbonyl (C=O) groups is 2. The van der Waals surface area contributed by atoms with Gasteiger partial charge >= 0.3 is 6.03 Å². The van der Waals surface area contributed by atoms with Crippen LogP contribution in [0.15, 0.2) is 48.5 Å². The van der Waals surface area contributed by atoms with E-state index in [-0.39, 0.29) is 11.9 Å². The van der Waals surface area contributed by atoms with Gasteiger partial charge in [-0.25, -0.2) is 4.79 Å². The molecule has 1 atom stereocenters. The molecule has 146 valence electrons. The number of carbonyl (C=O) groups excluding carboxylic acids is 2. The van der Waals surface area contributed by atoms with Crippen LogP contribution in [-0.2, 0) is 14.4 Å². The van der Waals surface area contributed by atoms with Gasteiger partial charge in [0.1, 0.15) is 0 Å². The fourth-order valence-electron chi connectivity index (χ4n) is 3.70. The Hall–Kier alpha value is -2.22. The molecular formula is C20H20ClN3O3S. The molecule has 8 heteroatoms. The molecule has 0 bridgehead atoms. The molecule has 0 aliphatic carbocycles. The minimum atomic E-state index is -1.04. The van der Waals surface area contributed by atoms with Crippen molar-refractivity contribution in [1.29, 1.82) is 0 Å². The van der Waals surface area contributed by atoms with Crippen LogP contribution in [0.25, 0.3) is 0 Å². The fraction of sp³-hybridized carbons (Fsp3) is 0.300. The van der Waals surface area contributed by atoms with Crippen molar-refractivity contribution in [2.75, 3.05) is 42.8 Å². The van der Waals surface area contributed by atoms with Crippen molar-refractivity contribution in [3.05, 3.63) is 59.1 Å². The Balaban J connectivity index is 1.68. The van der Waals surface area contributed by atoms with Crippen LogP contribution in [0.4, 0.5) is 16.2 Å². The number of halogens is 1. The summed E-state index contributed by atoms with van der Waals surface area (Å²) in [7, 11) is 1.61. The molecule has 1 spiro atoms. The Kier molecular flexibility index (Phi) is 5.23. The van der Waals surface area contributed by atoms with Gasteiger partial charge in [0.05, 0.1) is 12.3 Å². The number of nitrogens with one attached hydrogen (secondary N) is 1. The van der Waals surface area contributed by atoms with E-state index >= 15 is 0 Å². The van der Waals surface area contributed by atoms with Crippen LogP contribution in [0.1, 0.15) is 5.56 Å². The summed E-state index contributed by atoms with van der Waals surface area (Å²) < 4.78 is 5.18. The number of fused-ring (bicyclic) bond motifs is 2. The first kappa shape index (κ1) is 19.1. The van der Waals surface area contributed by atoms with Gasteiger partial charge in [-0.2, -0.15) is 0 Å². The summed E-state index contributed by atoms with van der Waals surface area (Å²) in [5.74, 6) is 0.589. The second-order valence-corrected chi connectivity index (χ2v) is 8.27. The van der Waals surface area contributed by atoms with E-state index in [2.05, 4.69) is 5.32 Å². The van der Waals surface area contributed by atoms with E-state index in [1.807, 2.05) is 24.3 Å². The molecule has 1 N–H and O–H groups in total. The zero-order valence-electron chi connectivity index (χ0n) is 15.4. The predicted molar refractivity (Wildman–Crippen MR) is 112 cm³/mol. The van der Waals surface area contributed by atoms with Crippen molar-refractivity contribution < 1.29 is 14.3 Å². The Bertz CT molecular complexity index is 908. The summed E-state index contributed by atoms with van der Waals surface area (Å²) in [5, 5.41) is 3.49. The summed E-state index contributed by atoms with van der Waals surface area (Å²) in [4.78, 5) is 28.9. The van der Waals surface area contributed by atoms with Crippen molar-refractivity contribution in [3.63, 3.8) is 0 Å². The second kappa shape index (κ2) is 7.66. The van der Waals surface area contributed by atoms with Crippen LogP contribution in [-0.4, -0.2) is 49.4 Å². The number of thioether (sulfide) groups is 1. The van der Waals surface area contributed by atoms with E-state index in [9.17, 15) is 9.59 Å². The number of hydrogen-bond acceptors (Lipinski definition) is 4. The minimum Gasteiger partial charge on any atom is -0.383 e. The molecular weight excluding hydrogens is 398 g/mol. The van der Waals surface area contributed by atoms with E-state index in [1.54, 1.807) is 41.2 Å². The zero-order chi connectivity index (χ0) is 19.7. The lowest BCUT2D eigenvalue weighted by atomic mass is 10.1. The van der Waals surface area contributed by atoms with Gasteiger partial charge in [0.2, 0.25) is 0 Å². The molecule has 2 heterocycles. The lowest BCUT2D eigenvalue weighted by Gasteiger charge is -2.33. The lowest BCUT2D eigenvalue weighted by Crippen LogP contribution is -2.52. The molecule has 2 aromatic carbocycles. The van der Waals surface area contributed by atoms with E-state index < -0.39 is 4.87 Å². The summed E-state index contributed by atoms with van der Waals surface area (Å²) >= 11 is 7.42. The number of ether oxygens (including phenoxy) is 1. The number of urea groups is 1. The van der Waals surface area contributed by atoms with Gasteiger partial charge in [0, 0.05) is 42.2 Å². The van der Waals surface area contributed by atoms with Crippen molar-refractivity contribution >= 4 is 46.7 Å². The van der Waals surface area contributed by atoms with Crippen LogP contribution < -0.4 is 10.2 Å². The molecule has 2 aliphatic heterocycles. The Morgan fingerprint density at radius 3 is 2.75 bits per heavy atom. The third-order valence-electron chi connectivity index (χ3n) is 4.96. The monoisotopic (exact) mass is 417 g/mol. The Labute approximate surface area is 172 Å². The molecule has 6 nitrogen and oxygen atoms in total. The van der Waals surface area contributed by atoms with Gasteiger partial charge in [-0.1, -0.05) is 29.8 Å². The van der Waals surface area contributed by atoms with Crippen molar-refractivity contribution in [3.8, 4) is 0 Å². The van der Waals surface area contributed by atoms with Crippen LogP contribution in [0, 0.1) is 0 Å². The van der Waals surface area contributed by atoms with Crippen molar-refractivity contribution in [1.82, 2.24) is 4.90 Å². The normalized spacial score (nSPS) is 20.7. The number of hydrogen-bond donors (Lipinski definition) is 1. The number of benzene rings is 2. The SMILES string of the molecule is COCCN1C(=O)[C@@]2(SCCN2C(=O)Nc2ccc(Cl)cc2)c2ccccc21. The van der Waals surface area contributed by atoms with Crippen molar-refractivity contribution in [2.24, 2.45) is 0 Å². The highest BCUT2D eigenvalue weighted by atomic mass is 35.5. The van der Waals surface area contributed by atoms with Crippen molar-refractivity contribution in [2.45, 2.75) is 4.87 Å². The second-order valence-electron chi connectivity index (χ2n) is 6.55. The smallest absolute Gasteiger partial charge is 0.323 e. The maximum atomic E-state index is 13.5. The highest BCUT2D eigenvalue weighted by Crippen LogP contribution is 2.54. The van der Waals surface area contributed by atoms with Crippen LogP contribution in [0.5, 0.6) is 0 Å². The standard InChI is InChI=1S/C20H20ClN3O3S/c1-27-12-10-23-17-5-3-2-4-16(17)20(18(23)25)24(11-13-28-20)19(26)22-15-8-6-14(21)7-9-15/h2-9H,10-13H2,1H3,(H,22,26)/t20-/m0/s1. The van der Waals surface area contributed by atoms with Crippen LogP contribution in [0.3, 0.4) is 0 Å². The molecule has 0 aromatic heterocycles. The van der Waals surface area contributed by atoms with Gasteiger partial charge < -0.3 is 15.0 Å². The average molecular weight is 418 g/mol. The first-order valence-corrected chi connectivity index (χ1v) is 10.3. The average Bonchev–Trinajstić information content (AvgIpc) is 3.25. The number of rotatable bonds is 4. The van der Waals surface area contributed by atoms with Crippen LogP contribution in [0.2, 0.25) is 5.02 Å². The molecule has 2 aromatic rings. The zero-order valence-corrected chi connectivity index (χ0v) is 16.9. The molecule has 1 fully saturated rings. The number of para-hydroxylation sites is 1. The molecule has 28 heavy (non-hydrogen) atoms. The molecule has 0 saturated carbocycles. The number of amides is 3. The molecule has 2 aliphatic rings. The molecule has 4 rings (SSSR count). The molecule has 0 radical (unpaired) electrons. The quantitative estimate of drug-likeness (QED) is 0.822. The van der Waals surface area contributed by atoms with Gasteiger partial charge in [0.15, 0.2) is 4.87 Å².